The average molecular weight is 373 g/mol. The highest BCUT2D eigenvalue weighted by atomic mass is 16.5. The molecule has 27 heavy (non-hydrogen) atoms. The van der Waals surface area contributed by atoms with Crippen LogP contribution in [0.1, 0.15) is 85.0 Å². The van der Waals surface area contributed by atoms with Crippen LogP contribution < -0.4 is 0 Å². The molecule has 6 atom stereocenters. The summed E-state index contributed by atoms with van der Waals surface area (Å²) in [5.74, 6) is 2.54. The quantitative estimate of drug-likeness (QED) is 0.614. The molecule has 3 nitrogen and oxygen atoms in total. The Morgan fingerprint density at radius 2 is 1.96 bits per heavy atom. The van der Waals surface area contributed by atoms with E-state index in [2.05, 4.69) is 13.8 Å². The van der Waals surface area contributed by atoms with Crippen LogP contribution in [0.25, 0.3) is 0 Å². The van der Waals surface area contributed by atoms with Gasteiger partial charge in [-0.3, -0.25) is 9.59 Å². The SMILES string of the molecule is CCOC(=O)C(CC)[C@@]12CCC[C@H]1[C@@H]1CCC3=CC(=O)CC[C@]3(C)[C@H]1CC2. The van der Waals surface area contributed by atoms with Crippen molar-refractivity contribution in [1.82, 2.24) is 0 Å². The maximum Gasteiger partial charge on any atom is 0.309 e. The number of fused-ring (bicyclic) bond motifs is 5. The Bertz CT molecular complexity index is 650. The molecule has 4 aliphatic carbocycles. The van der Waals surface area contributed by atoms with E-state index in [4.69, 9.17) is 4.74 Å². The van der Waals surface area contributed by atoms with Crippen LogP contribution in [0, 0.1) is 34.5 Å². The maximum atomic E-state index is 12.8. The summed E-state index contributed by atoms with van der Waals surface area (Å²) < 4.78 is 5.52. The van der Waals surface area contributed by atoms with E-state index in [-0.39, 0.29) is 22.7 Å². The minimum atomic E-state index is 0.0521. The Morgan fingerprint density at radius 1 is 1.15 bits per heavy atom. The zero-order chi connectivity index (χ0) is 19.2. The van der Waals surface area contributed by atoms with Crippen LogP contribution in [-0.2, 0) is 14.3 Å². The lowest BCUT2D eigenvalue weighted by Crippen LogP contribution is -2.53. The Morgan fingerprint density at radius 3 is 2.70 bits per heavy atom. The molecule has 4 aliphatic rings. The highest BCUT2D eigenvalue weighted by Gasteiger charge is 2.60. The summed E-state index contributed by atoms with van der Waals surface area (Å²) >= 11 is 0. The highest BCUT2D eigenvalue weighted by Crippen LogP contribution is 2.67. The predicted octanol–water partition coefficient (Wildman–Crippen LogP) is 5.48. The van der Waals surface area contributed by atoms with Gasteiger partial charge in [0.25, 0.3) is 0 Å². The Kier molecular flexibility index (Phi) is 5.01. The minimum absolute atomic E-state index is 0.0521. The first-order valence-electron chi connectivity index (χ1n) is 11.4. The molecule has 0 N–H and O–H groups in total. The van der Waals surface area contributed by atoms with E-state index in [1.807, 2.05) is 13.0 Å². The maximum absolute atomic E-state index is 12.8. The first-order chi connectivity index (χ1) is 13.0. The van der Waals surface area contributed by atoms with Gasteiger partial charge in [-0.2, -0.15) is 0 Å². The van der Waals surface area contributed by atoms with Crippen LogP contribution in [-0.4, -0.2) is 18.4 Å². The molecular formula is C24H36O3. The van der Waals surface area contributed by atoms with E-state index in [9.17, 15) is 9.59 Å². The molecule has 150 valence electrons. The lowest BCUT2D eigenvalue weighted by Gasteiger charge is -2.59. The van der Waals surface area contributed by atoms with Gasteiger partial charge in [0.15, 0.2) is 5.78 Å². The number of hydrogen-bond donors (Lipinski definition) is 0. The fourth-order valence-electron chi connectivity index (χ4n) is 7.92. The zero-order valence-corrected chi connectivity index (χ0v) is 17.4. The molecule has 0 radical (unpaired) electrons. The van der Waals surface area contributed by atoms with Crippen LogP contribution in [0.5, 0.6) is 0 Å². The first-order valence-corrected chi connectivity index (χ1v) is 11.4. The number of carbonyl (C=O) groups is 2. The van der Waals surface area contributed by atoms with Crippen molar-refractivity contribution in [2.75, 3.05) is 6.61 Å². The molecule has 0 aromatic heterocycles. The Balaban J connectivity index is 1.65. The molecule has 0 heterocycles. The third kappa shape index (κ3) is 2.83. The molecular weight excluding hydrogens is 336 g/mol. The van der Waals surface area contributed by atoms with Gasteiger partial charge in [-0.05, 0) is 93.0 Å². The van der Waals surface area contributed by atoms with Gasteiger partial charge in [-0.1, -0.05) is 25.8 Å². The van der Waals surface area contributed by atoms with Crippen LogP contribution >= 0.6 is 0 Å². The summed E-state index contributed by atoms with van der Waals surface area (Å²) in [6, 6.07) is 0. The van der Waals surface area contributed by atoms with Gasteiger partial charge in [-0.25, -0.2) is 0 Å². The average Bonchev–Trinajstić information content (AvgIpc) is 3.08. The van der Waals surface area contributed by atoms with Crippen molar-refractivity contribution < 1.29 is 14.3 Å². The van der Waals surface area contributed by atoms with Crippen molar-refractivity contribution in [3.05, 3.63) is 11.6 Å². The number of esters is 1. The zero-order valence-electron chi connectivity index (χ0n) is 17.4. The topological polar surface area (TPSA) is 43.4 Å². The van der Waals surface area contributed by atoms with Gasteiger partial charge < -0.3 is 4.74 Å². The molecule has 3 saturated carbocycles. The number of hydrogen-bond acceptors (Lipinski definition) is 3. The van der Waals surface area contributed by atoms with Gasteiger partial charge in [0, 0.05) is 6.42 Å². The second-order valence-corrected chi connectivity index (χ2v) is 9.85. The van der Waals surface area contributed by atoms with Crippen LogP contribution in [0.4, 0.5) is 0 Å². The molecule has 0 amide bonds. The Labute approximate surface area is 164 Å². The van der Waals surface area contributed by atoms with E-state index < -0.39 is 0 Å². The lowest BCUT2D eigenvalue weighted by atomic mass is 9.45. The molecule has 1 unspecified atom stereocenters. The largest absolute Gasteiger partial charge is 0.466 e. The van der Waals surface area contributed by atoms with Gasteiger partial charge in [0.2, 0.25) is 0 Å². The molecule has 0 aliphatic heterocycles. The van der Waals surface area contributed by atoms with E-state index in [0.717, 1.165) is 31.6 Å². The number of ketones is 1. The summed E-state index contributed by atoms with van der Waals surface area (Å²) in [4.78, 5) is 24.8. The highest BCUT2D eigenvalue weighted by molar-refractivity contribution is 5.91. The van der Waals surface area contributed by atoms with E-state index >= 15 is 0 Å². The number of rotatable bonds is 4. The van der Waals surface area contributed by atoms with Gasteiger partial charge >= 0.3 is 5.97 Å². The smallest absolute Gasteiger partial charge is 0.309 e. The van der Waals surface area contributed by atoms with E-state index in [1.165, 1.54) is 44.1 Å². The second-order valence-electron chi connectivity index (χ2n) is 9.85. The molecule has 4 rings (SSSR count). The number of allylic oxidation sites excluding steroid dienone is 1. The predicted molar refractivity (Wildman–Crippen MR) is 106 cm³/mol. The van der Waals surface area contributed by atoms with Crippen molar-refractivity contribution in [3.63, 3.8) is 0 Å². The van der Waals surface area contributed by atoms with Crippen molar-refractivity contribution in [2.24, 2.45) is 34.5 Å². The Hall–Kier alpha value is -1.12. The number of carbonyl (C=O) groups excluding carboxylic acids is 2. The molecule has 0 spiro atoms. The molecule has 0 aromatic carbocycles. The summed E-state index contributed by atoms with van der Waals surface area (Å²) in [6.07, 6.45) is 13.1. The first kappa shape index (κ1) is 19.2. The number of ether oxygens (including phenoxy) is 1. The van der Waals surface area contributed by atoms with E-state index in [0.29, 0.717) is 24.2 Å². The third-order valence-corrected chi connectivity index (χ3v) is 9.05. The second kappa shape index (κ2) is 7.04. The van der Waals surface area contributed by atoms with E-state index in [1.54, 1.807) is 0 Å². The molecule has 0 aromatic rings. The lowest BCUT2D eigenvalue weighted by molar-refractivity contribution is -0.160. The normalized spacial score (nSPS) is 41.8. The van der Waals surface area contributed by atoms with Crippen LogP contribution in [0.15, 0.2) is 11.6 Å². The standard InChI is InChI=1S/C24H36O3/c1-4-19(22(26)27-5-2)24-12-6-7-21(24)18-9-8-16-15-17(25)10-13-23(16,3)20(18)11-14-24/h15,18-21H,4-14H2,1-3H3/t18-,19?,20+,21+,23+,24+/m1/s1. The molecule has 3 heteroatoms. The van der Waals surface area contributed by atoms with Gasteiger partial charge in [-0.15, -0.1) is 0 Å². The summed E-state index contributed by atoms with van der Waals surface area (Å²) in [5.41, 5.74) is 1.82. The summed E-state index contributed by atoms with van der Waals surface area (Å²) in [5, 5.41) is 0. The van der Waals surface area contributed by atoms with Gasteiger partial charge in [0.1, 0.15) is 0 Å². The van der Waals surface area contributed by atoms with Crippen LogP contribution in [0.2, 0.25) is 0 Å². The fourth-order valence-corrected chi connectivity index (χ4v) is 7.92. The molecule has 0 saturated heterocycles. The minimum Gasteiger partial charge on any atom is -0.466 e. The molecule has 0 bridgehead atoms. The monoisotopic (exact) mass is 372 g/mol. The van der Waals surface area contributed by atoms with Crippen LogP contribution in [0.3, 0.4) is 0 Å². The van der Waals surface area contributed by atoms with Crippen molar-refractivity contribution >= 4 is 11.8 Å². The fraction of sp³-hybridized carbons (Fsp3) is 0.833. The van der Waals surface area contributed by atoms with Crippen molar-refractivity contribution in [1.29, 1.82) is 0 Å². The third-order valence-electron chi connectivity index (χ3n) is 9.05. The molecule has 3 fully saturated rings. The van der Waals surface area contributed by atoms with Gasteiger partial charge in [0.05, 0.1) is 12.5 Å². The summed E-state index contributed by atoms with van der Waals surface area (Å²) in [6.45, 7) is 7.02. The van der Waals surface area contributed by atoms with Crippen molar-refractivity contribution in [2.45, 2.75) is 85.0 Å². The summed E-state index contributed by atoms with van der Waals surface area (Å²) in [7, 11) is 0. The van der Waals surface area contributed by atoms with Crippen molar-refractivity contribution in [3.8, 4) is 0 Å².